The van der Waals surface area contributed by atoms with Crippen LogP contribution in [0, 0.1) is 5.82 Å². The van der Waals surface area contributed by atoms with Crippen LogP contribution >= 0.6 is 11.6 Å². The fraction of sp³-hybridized carbons (Fsp3) is 0.308. The lowest BCUT2D eigenvalue weighted by molar-refractivity contribution is 0.623. The summed E-state index contributed by atoms with van der Waals surface area (Å²) in [6.07, 6.45) is 0. The molecule has 1 aromatic carbocycles. The lowest BCUT2D eigenvalue weighted by Gasteiger charge is -2.36. The monoisotopic (exact) mass is 308 g/mol. The van der Waals surface area contributed by atoms with Crippen LogP contribution < -0.4 is 15.5 Å². The highest BCUT2D eigenvalue weighted by Crippen LogP contribution is 2.19. The molecule has 0 atom stereocenters. The lowest BCUT2D eigenvalue weighted by Crippen LogP contribution is -2.47. The van der Waals surface area contributed by atoms with E-state index in [2.05, 4.69) is 19.9 Å². The number of halogens is 2. The van der Waals surface area contributed by atoms with Gasteiger partial charge in [-0.15, -0.1) is 0 Å². The molecule has 1 fully saturated rings. The molecule has 6 nitrogen and oxygen atoms in total. The van der Waals surface area contributed by atoms with Gasteiger partial charge >= 0.3 is 0 Å². The van der Waals surface area contributed by atoms with Gasteiger partial charge in [0.15, 0.2) is 0 Å². The minimum absolute atomic E-state index is 0.0958. The van der Waals surface area contributed by atoms with Gasteiger partial charge in [-0.2, -0.15) is 15.0 Å². The van der Waals surface area contributed by atoms with Crippen LogP contribution in [0.25, 0.3) is 0 Å². The molecule has 1 saturated heterocycles. The molecular formula is C13H14ClFN6. The van der Waals surface area contributed by atoms with E-state index in [0.29, 0.717) is 5.95 Å². The van der Waals surface area contributed by atoms with Crippen LogP contribution in [0.4, 0.5) is 22.0 Å². The first kappa shape index (κ1) is 13.8. The molecule has 2 N–H and O–H groups in total. The third kappa shape index (κ3) is 3.13. The van der Waals surface area contributed by atoms with E-state index in [1.807, 2.05) is 4.90 Å². The predicted molar refractivity (Wildman–Crippen MR) is 80.1 cm³/mol. The third-order valence-electron chi connectivity index (χ3n) is 3.37. The second-order valence-electron chi connectivity index (χ2n) is 4.71. The van der Waals surface area contributed by atoms with Crippen molar-refractivity contribution >= 4 is 29.2 Å². The number of aromatic nitrogens is 3. The summed E-state index contributed by atoms with van der Waals surface area (Å²) in [7, 11) is 0. The minimum Gasteiger partial charge on any atom is -0.368 e. The molecule has 0 radical (unpaired) electrons. The largest absolute Gasteiger partial charge is 0.368 e. The van der Waals surface area contributed by atoms with Crippen molar-refractivity contribution in [2.75, 3.05) is 41.7 Å². The van der Waals surface area contributed by atoms with E-state index < -0.39 is 0 Å². The molecule has 0 saturated carbocycles. The zero-order valence-electron chi connectivity index (χ0n) is 11.2. The van der Waals surface area contributed by atoms with Gasteiger partial charge in [0.25, 0.3) is 0 Å². The maximum absolute atomic E-state index is 12.9. The Hall–Kier alpha value is -2.15. The molecule has 8 heteroatoms. The molecule has 1 aliphatic heterocycles. The highest BCUT2D eigenvalue weighted by Gasteiger charge is 2.20. The van der Waals surface area contributed by atoms with Crippen molar-refractivity contribution in [3.63, 3.8) is 0 Å². The number of benzene rings is 1. The van der Waals surface area contributed by atoms with E-state index in [4.69, 9.17) is 17.3 Å². The Balaban J connectivity index is 1.68. The van der Waals surface area contributed by atoms with E-state index in [0.717, 1.165) is 31.9 Å². The number of nitrogens with zero attached hydrogens (tertiary/aromatic N) is 5. The molecular weight excluding hydrogens is 295 g/mol. The lowest BCUT2D eigenvalue weighted by atomic mass is 10.2. The zero-order chi connectivity index (χ0) is 14.8. The van der Waals surface area contributed by atoms with E-state index in [1.165, 1.54) is 12.1 Å². The summed E-state index contributed by atoms with van der Waals surface area (Å²) in [5.41, 5.74) is 6.58. The average Bonchev–Trinajstić information content (AvgIpc) is 2.47. The highest BCUT2D eigenvalue weighted by atomic mass is 35.5. The number of anilines is 3. The van der Waals surface area contributed by atoms with Crippen molar-refractivity contribution in [3.05, 3.63) is 35.4 Å². The molecule has 0 bridgehead atoms. The summed E-state index contributed by atoms with van der Waals surface area (Å²) in [4.78, 5) is 16.1. The van der Waals surface area contributed by atoms with Gasteiger partial charge in [0.05, 0.1) is 0 Å². The molecule has 110 valence electrons. The smallest absolute Gasteiger partial charge is 0.231 e. The van der Waals surface area contributed by atoms with Crippen molar-refractivity contribution in [2.45, 2.75) is 0 Å². The Morgan fingerprint density at radius 1 is 0.952 bits per heavy atom. The van der Waals surface area contributed by atoms with Gasteiger partial charge in [-0.3, -0.25) is 0 Å². The molecule has 21 heavy (non-hydrogen) atoms. The fourth-order valence-electron chi connectivity index (χ4n) is 2.31. The SMILES string of the molecule is Nc1nc(Cl)nc(N2CCN(c3ccc(F)cc3)CC2)n1. The molecule has 2 heterocycles. The van der Waals surface area contributed by atoms with Crippen LogP contribution in [-0.4, -0.2) is 41.1 Å². The predicted octanol–water partition coefficient (Wildman–Crippen LogP) is 1.57. The Bertz CT molecular complexity index is 607. The molecule has 0 aliphatic carbocycles. The maximum atomic E-state index is 12.9. The van der Waals surface area contributed by atoms with Crippen LogP contribution in [0.2, 0.25) is 5.28 Å². The number of piperazine rings is 1. The summed E-state index contributed by atoms with van der Waals surface area (Å²) in [5.74, 6) is 0.380. The third-order valence-corrected chi connectivity index (χ3v) is 3.54. The number of rotatable bonds is 2. The van der Waals surface area contributed by atoms with Gasteiger partial charge < -0.3 is 15.5 Å². The first-order valence-corrected chi connectivity index (χ1v) is 6.92. The second kappa shape index (κ2) is 5.69. The van der Waals surface area contributed by atoms with Crippen LogP contribution in [0.5, 0.6) is 0 Å². The van der Waals surface area contributed by atoms with Gasteiger partial charge in [0.2, 0.25) is 17.2 Å². The molecule has 0 unspecified atom stereocenters. The number of nitrogens with two attached hydrogens (primary N) is 1. The van der Waals surface area contributed by atoms with Crippen LogP contribution in [0.15, 0.2) is 24.3 Å². The molecule has 2 aromatic rings. The van der Waals surface area contributed by atoms with Crippen LogP contribution in [-0.2, 0) is 0 Å². The number of nitrogen functional groups attached to an aromatic ring is 1. The van der Waals surface area contributed by atoms with Gasteiger partial charge in [0, 0.05) is 31.9 Å². The number of hydrogen-bond acceptors (Lipinski definition) is 6. The summed E-state index contributed by atoms with van der Waals surface area (Å²) in [6, 6.07) is 6.49. The Kier molecular flexibility index (Phi) is 3.74. The summed E-state index contributed by atoms with van der Waals surface area (Å²) >= 11 is 5.79. The average molecular weight is 309 g/mol. The van der Waals surface area contributed by atoms with Gasteiger partial charge in [-0.25, -0.2) is 4.39 Å². The first-order chi connectivity index (χ1) is 10.1. The van der Waals surface area contributed by atoms with Crippen molar-refractivity contribution in [1.82, 2.24) is 15.0 Å². The van der Waals surface area contributed by atoms with E-state index in [1.54, 1.807) is 12.1 Å². The number of hydrogen-bond donors (Lipinski definition) is 1. The molecule has 1 aliphatic rings. The maximum Gasteiger partial charge on any atom is 0.231 e. The Morgan fingerprint density at radius 3 is 2.19 bits per heavy atom. The fourth-order valence-corrected chi connectivity index (χ4v) is 2.47. The standard InChI is InChI=1S/C13H14ClFN6/c14-11-17-12(16)19-13(18-11)21-7-5-20(6-8-21)10-3-1-9(15)2-4-10/h1-4H,5-8H2,(H2,16,17,18,19). The summed E-state index contributed by atoms with van der Waals surface area (Å²) in [5, 5.41) is 0.0958. The summed E-state index contributed by atoms with van der Waals surface area (Å²) in [6.45, 7) is 3.04. The molecule has 0 spiro atoms. The Morgan fingerprint density at radius 2 is 1.57 bits per heavy atom. The van der Waals surface area contributed by atoms with Crippen molar-refractivity contribution in [2.24, 2.45) is 0 Å². The quantitative estimate of drug-likeness (QED) is 0.908. The van der Waals surface area contributed by atoms with Gasteiger partial charge in [0.1, 0.15) is 5.82 Å². The summed E-state index contributed by atoms with van der Waals surface area (Å²) < 4.78 is 12.9. The van der Waals surface area contributed by atoms with E-state index >= 15 is 0 Å². The van der Waals surface area contributed by atoms with Gasteiger partial charge in [-0.05, 0) is 35.9 Å². The second-order valence-corrected chi connectivity index (χ2v) is 5.05. The van der Waals surface area contributed by atoms with Crippen molar-refractivity contribution in [1.29, 1.82) is 0 Å². The first-order valence-electron chi connectivity index (χ1n) is 6.54. The van der Waals surface area contributed by atoms with E-state index in [9.17, 15) is 4.39 Å². The van der Waals surface area contributed by atoms with Crippen molar-refractivity contribution in [3.8, 4) is 0 Å². The van der Waals surface area contributed by atoms with Crippen LogP contribution in [0.3, 0.4) is 0 Å². The zero-order valence-corrected chi connectivity index (χ0v) is 12.0. The molecule has 3 rings (SSSR count). The normalized spacial score (nSPS) is 15.3. The topological polar surface area (TPSA) is 71.2 Å². The highest BCUT2D eigenvalue weighted by molar-refractivity contribution is 6.28. The molecule has 0 amide bonds. The Labute approximate surface area is 126 Å². The van der Waals surface area contributed by atoms with Crippen LogP contribution in [0.1, 0.15) is 0 Å². The van der Waals surface area contributed by atoms with Gasteiger partial charge in [-0.1, -0.05) is 0 Å². The minimum atomic E-state index is -0.229. The van der Waals surface area contributed by atoms with Crippen molar-refractivity contribution < 1.29 is 4.39 Å². The molecule has 1 aromatic heterocycles. The van der Waals surface area contributed by atoms with E-state index in [-0.39, 0.29) is 17.0 Å².